The number of hydrogen-bond acceptors (Lipinski definition) is 4. The summed E-state index contributed by atoms with van der Waals surface area (Å²) in [6, 6.07) is 14.1. The van der Waals surface area contributed by atoms with Gasteiger partial charge in [-0.05, 0) is 30.7 Å². The third-order valence-electron chi connectivity index (χ3n) is 3.46. The third kappa shape index (κ3) is 6.15. The second-order valence-electron chi connectivity index (χ2n) is 5.46. The van der Waals surface area contributed by atoms with Gasteiger partial charge in [0.2, 0.25) is 0 Å². The number of aryl methyl sites for hydroxylation is 1. The van der Waals surface area contributed by atoms with Crippen molar-refractivity contribution >= 4 is 39.3 Å². The summed E-state index contributed by atoms with van der Waals surface area (Å²) in [5.74, 6) is -1.14. The second kappa shape index (κ2) is 9.13. The summed E-state index contributed by atoms with van der Waals surface area (Å²) in [7, 11) is 0. The predicted molar refractivity (Wildman–Crippen MR) is 98.5 cm³/mol. The number of carbonyl (C=O) groups excluding carboxylic acids is 3. The standard InChI is InChI=1S/C19H18BrNO4/c1-13-11-15(7-8-16(13)20)21-18(23)12-25-19(24)10-9-17(22)14-5-3-2-4-6-14/h2-8,11H,9-10,12H2,1H3,(H,21,23). The zero-order valence-corrected chi connectivity index (χ0v) is 15.3. The van der Waals surface area contributed by atoms with Crippen molar-refractivity contribution in [1.82, 2.24) is 0 Å². The Hall–Kier alpha value is -2.47. The Balaban J connectivity index is 1.73. The average molecular weight is 404 g/mol. The van der Waals surface area contributed by atoms with Crippen molar-refractivity contribution in [2.75, 3.05) is 11.9 Å². The van der Waals surface area contributed by atoms with Crippen LogP contribution in [0.3, 0.4) is 0 Å². The van der Waals surface area contributed by atoms with Gasteiger partial charge in [-0.3, -0.25) is 14.4 Å². The van der Waals surface area contributed by atoms with Gasteiger partial charge in [-0.15, -0.1) is 0 Å². The predicted octanol–water partition coefficient (Wildman–Crippen LogP) is 3.90. The normalized spacial score (nSPS) is 10.2. The van der Waals surface area contributed by atoms with Crippen molar-refractivity contribution in [1.29, 1.82) is 0 Å². The van der Waals surface area contributed by atoms with Crippen LogP contribution in [0, 0.1) is 6.92 Å². The Morgan fingerprint density at radius 1 is 1.04 bits per heavy atom. The Morgan fingerprint density at radius 2 is 1.76 bits per heavy atom. The van der Waals surface area contributed by atoms with Gasteiger partial charge >= 0.3 is 5.97 Å². The first-order valence-electron chi connectivity index (χ1n) is 7.75. The number of esters is 1. The molecule has 2 aromatic carbocycles. The van der Waals surface area contributed by atoms with Crippen molar-refractivity contribution < 1.29 is 19.1 Å². The molecule has 1 amide bonds. The number of hydrogen-bond donors (Lipinski definition) is 1. The Kier molecular flexibility index (Phi) is 6.89. The summed E-state index contributed by atoms with van der Waals surface area (Å²) < 4.78 is 5.85. The lowest BCUT2D eigenvalue weighted by Crippen LogP contribution is -2.21. The van der Waals surface area contributed by atoms with Crippen LogP contribution in [0.15, 0.2) is 53.0 Å². The fourth-order valence-electron chi connectivity index (χ4n) is 2.12. The molecule has 0 aliphatic rings. The smallest absolute Gasteiger partial charge is 0.306 e. The van der Waals surface area contributed by atoms with E-state index in [1.807, 2.05) is 25.1 Å². The molecule has 2 rings (SSSR count). The minimum Gasteiger partial charge on any atom is -0.456 e. The Morgan fingerprint density at radius 3 is 2.44 bits per heavy atom. The largest absolute Gasteiger partial charge is 0.456 e. The van der Waals surface area contributed by atoms with Gasteiger partial charge in [0.05, 0.1) is 6.42 Å². The van der Waals surface area contributed by atoms with E-state index in [2.05, 4.69) is 21.2 Å². The number of ether oxygens (including phenoxy) is 1. The van der Waals surface area contributed by atoms with Gasteiger partial charge in [-0.2, -0.15) is 0 Å². The minimum atomic E-state index is -0.577. The van der Waals surface area contributed by atoms with Crippen molar-refractivity contribution in [3.63, 3.8) is 0 Å². The highest BCUT2D eigenvalue weighted by atomic mass is 79.9. The summed E-state index contributed by atoms with van der Waals surface area (Å²) >= 11 is 3.38. The van der Waals surface area contributed by atoms with E-state index in [0.29, 0.717) is 11.3 Å². The van der Waals surface area contributed by atoms with Gasteiger partial charge in [-0.25, -0.2) is 0 Å². The van der Waals surface area contributed by atoms with Crippen LogP contribution in [0.2, 0.25) is 0 Å². The van der Waals surface area contributed by atoms with Crippen LogP contribution in [-0.2, 0) is 14.3 Å². The van der Waals surface area contributed by atoms with E-state index in [9.17, 15) is 14.4 Å². The minimum absolute atomic E-state index is 0.0520. The first kappa shape index (κ1) is 18.9. The van der Waals surface area contributed by atoms with E-state index in [4.69, 9.17) is 4.74 Å². The lowest BCUT2D eigenvalue weighted by Gasteiger charge is -2.08. The van der Waals surface area contributed by atoms with Crippen molar-refractivity contribution in [2.45, 2.75) is 19.8 Å². The van der Waals surface area contributed by atoms with Gasteiger partial charge < -0.3 is 10.1 Å². The fraction of sp³-hybridized carbons (Fsp3) is 0.211. The highest BCUT2D eigenvalue weighted by Crippen LogP contribution is 2.19. The van der Waals surface area contributed by atoms with Gasteiger partial charge in [0.15, 0.2) is 12.4 Å². The van der Waals surface area contributed by atoms with Crippen molar-refractivity contribution in [3.05, 3.63) is 64.1 Å². The van der Waals surface area contributed by atoms with Crippen LogP contribution in [0.5, 0.6) is 0 Å². The molecule has 0 radical (unpaired) electrons. The lowest BCUT2D eigenvalue weighted by molar-refractivity contribution is -0.147. The number of ketones is 1. The third-order valence-corrected chi connectivity index (χ3v) is 4.35. The van der Waals surface area contributed by atoms with Gasteiger partial charge in [-0.1, -0.05) is 46.3 Å². The highest BCUT2D eigenvalue weighted by molar-refractivity contribution is 9.10. The summed E-state index contributed by atoms with van der Waals surface area (Å²) in [6.45, 7) is 1.52. The summed E-state index contributed by atoms with van der Waals surface area (Å²) in [4.78, 5) is 35.4. The first-order valence-corrected chi connectivity index (χ1v) is 8.55. The molecule has 2 aromatic rings. The van der Waals surface area contributed by atoms with E-state index >= 15 is 0 Å². The van der Waals surface area contributed by atoms with Crippen LogP contribution < -0.4 is 5.32 Å². The maximum absolute atomic E-state index is 11.9. The molecule has 1 N–H and O–H groups in total. The van der Waals surface area contributed by atoms with Crippen LogP contribution in [0.25, 0.3) is 0 Å². The molecule has 130 valence electrons. The van der Waals surface area contributed by atoms with Crippen LogP contribution in [-0.4, -0.2) is 24.3 Å². The number of Topliss-reactive ketones (excluding diaryl/α,β-unsaturated/α-hetero) is 1. The van der Waals surface area contributed by atoms with Gasteiger partial charge in [0.25, 0.3) is 5.91 Å². The zero-order valence-electron chi connectivity index (χ0n) is 13.8. The number of rotatable bonds is 7. The van der Waals surface area contributed by atoms with Crippen molar-refractivity contribution in [2.24, 2.45) is 0 Å². The van der Waals surface area contributed by atoms with Gasteiger partial charge in [0.1, 0.15) is 0 Å². The SMILES string of the molecule is Cc1cc(NC(=O)COC(=O)CCC(=O)c2ccccc2)ccc1Br. The van der Waals surface area contributed by atoms with Gasteiger partial charge in [0, 0.05) is 22.1 Å². The molecule has 25 heavy (non-hydrogen) atoms. The molecule has 6 heteroatoms. The quantitative estimate of drug-likeness (QED) is 0.561. The number of amides is 1. The molecule has 0 heterocycles. The first-order chi connectivity index (χ1) is 12.0. The number of nitrogens with one attached hydrogen (secondary N) is 1. The summed E-state index contributed by atoms with van der Waals surface area (Å²) in [6.07, 6.45) is -0.00519. The van der Waals surface area contributed by atoms with Crippen molar-refractivity contribution in [3.8, 4) is 0 Å². The average Bonchev–Trinajstić information content (AvgIpc) is 2.61. The second-order valence-corrected chi connectivity index (χ2v) is 6.32. The van der Waals surface area contributed by atoms with E-state index in [-0.39, 0.29) is 25.2 Å². The molecular formula is C19H18BrNO4. The topological polar surface area (TPSA) is 72.5 Å². The monoisotopic (exact) mass is 403 g/mol. The Labute approximate surface area is 154 Å². The zero-order chi connectivity index (χ0) is 18.2. The molecule has 0 fully saturated rings. The molecule has 0 unspecified atom stereocenters. The van der Waals surface area contributed by atoms with Crippen LogP contribution in [0.1, 0.15) is 28.8 Å². The maximum atomic E-state index is 11.9. The number of anilines is 1. The number of carbonyl (C=O) groups is 3. The number of halogens is 1. The molecule has 0 atom stereocenters. The summed E-state index contributed by atoms with van der Waals surface area (Å²) in [5.41, 5.74) is 2.16. The van der Waals surface area contributed by atoms with Crippen LogP contribution in [0.4, 0.5) is 5.69 Å². The highest BCUT2D eigenvalue weighted by Gasteiger charge is 2.12. The maximum Gasteiger partial charge on any atom is 0.306 e. The molecule has 0 spiro atoms. The fourth-order valence-corrected chi connectivity index (χ4v) is 2.37. The Bertz CT molecular complexity index is 774. The molecule has 5 nitrogen and oxygen atoms in total. The summed E-state index contributed by atoms with van der Waals surface area (Å²) in [5, 5.41) is 2.65. The molecular weight excluding hydrogens is 386 g/mol. The molecule has 0 aliphatic heterocycles. The molecule has 0 aromatic heterocycles. The number of benzene rings is 2. The lowest BCUT2D eigenvalue weighted by atomic mass is 10.1. The van der Waals surface area contributed by atoms with E-state index in [1.54, 1.807) is 30.3 Å². The van der Waals surface area contributed by atoms with E-state index in [0.717, 1.165) is 10.0 Å². The molecule has 0 saturated heterocycles. The molecule has 0 bridgehead atoms. The molecule has 0 aliphatic carbocycles. The van der Waals surface area contributed by atoms with Crippen LogP contribution >= 0.6 is 15.9 Å². The molecule has 0 saturated carbocycles. The van der Waals surface area contributed by atoms with E-state index < -0.39 is 11.9 Å². The van der Waals surface area contributed by atoms with E-state index in [1.165, 1.54) is 0 Å².